The average molecular weight is 254 g/mol. The molecule has 2 unspecified atom stereocenters. The largest absolute Gasteiger partial charge is 0.481 e. The molecular weight excluding hydrogens is 232 g/mol. The summed E-state index contributed by atoms with van der Waals surface area (Å²) in [5.74, 6) is -0.530. The maximum atomic E-state index is 12.0. The summed E-state index contributed by atoms with van der Waals surface area (Å²) < 4.78 is 0. The number of hydrogen-bond donors (Lipinski definition) is 3. The van der Waals surface area contributed by atoms with E-state index in [1.807, 2.05) is 6.92 Å². The molecule has 0 bridgehead atoms. The van der Waals surface area contributed by atoms with Crippen LogP contribution in [0, 0.1) is 17.3 Å². The summed E-state index contributed by atoms with van der Waals surface area (Å²) in [7, 11) is 0. The molecule has 5 nitrogen and oxygen atoms in total. The number of carbonyl (C=O) groups excluding carboxylic acids is 1. The molecule has 1 saturated heterocycles. The van der Waals surface area contributed by atoms with Gasteiger partial charge in [-0.3, -0.25) is 9.59 Å². The third-order valence-corrected chi connectivity index (χ3v) is 4.25. The second-order valence-electron chi connectivity index (χ2n) is 5.82. The predicted molar refractivity (Wildman–Crippen MR) is 67.1 cm³/mol. The van der Waals surface area contributed by atoms with Crippen molar-refractivity contribution in [1.29, 1.82) is 0 Å². The fraction of sp³-hybridized carbons (Fsp3) is 0.846. The van der Waals surface area contributed by atoms with E-state index in [1.165, 1.54) is 0 Å². The minimum Gasteiger partial charge on any atom is -0.481 e. The van der Waals surface area contributed by atoms with Gasteiger partial charge in [-0.25, -0.2) is 0 Å². The molecule has 1 amide bonds. The number of carbonyl (C=O) groups is 2. The Morgan fingerprint density at radius 1 is 1.44 bits per heavy atom. The summed E-state index contributed by atoms with van der Waals surface area (Å²) in [5.41, 5.74) is 0.255. The van der Waals surface area contributed by atoms with Gasteiger partial charge in [-0.05, 0) is 43.7 Å². The lowest BCUT2D eigenvalue weighted by molar-refractivity contribution is -0.138. The van der Waals surface area contributed by atoms with Gasteiger partial charge in [0.05, 0.1) is 0 Å². The van der Waals surface area contributed by atoms with Crippen LogP contribution in [0.25, 0.3) is 0 Å². The van der Waals surface area contributed by atoms with Crippen LogP contribution in [0.5, 0.6) is 0 Å². The van der Waals surface area contributed by atoms with Crippen molar-refractivity contribution in [3.8, 4) is 0 Å². The fourth-order valence-corrected chi connectivity index (χ4v) is 2.96. The molecule has 1 aliphatic carbocycles. The number of aliphatic carboxylic acids is 1. The van der Waals surface area contributed by atoms with Crippen molar-refractivity contribution in [2.75, 3.05) is 19.6 Å². The number of carboxylic acid groups (broad SMARTS) is 1. The first-order valence-corrected chi connectivity index (χ1v) is 6.74. The van der Waals surface area contributed by atoms with Crippen LogP contribution in [0.1, 0.15) is 32.6 Å². The zero-order chi connectivity index (χ0) is 13.2. The summed E-state index contributed by atoms with van der Waals surface area (Å²) in [5, 5.41) is 14.9. The standard InChI is InChI=1S/C13H22N2O3/c1-9(6-11(16)17)8-15-12(18)10-7-13(10)2-4-14-5-3-13/h9-10,14H,2-8H2,1H3,(H,15,18)(H,16,17). The molecule has 0 radical (unpaired) electrons. The molecule has 1 aliphatic heterocycles. The summed E-state index contributed by atoms with van der Waals surface area (Å²) in [4.78, 5) is 22.5. The highest BCUT2D eigenvalue weighted by Gasteiger charge is 2.57. The number of rotatable bonds is 5. The molecule has 2 fully saturated rings. The lowest BCUT2D eigenvalue weighted by Gasteiger charge is -2.23. The molecule has 0 aromatic heterocycles. The summed E-state index contributed by atoms with van der Waals surface area (Å²) in [6.45, 7) is 4.34. The van der Waals surface area contributed by atoms with Gasteiger partial charge in [0, 0.05) is 18.9 Å². The highest BCUT2D eigenvalue weighted by Crippen LogP contribution is 2.58. The summed E-state index contributed by atoms with van der Waals surface area (Å²) in [6.07, 6.45) is 3.30. The third kappa shape index (κ3) is 3.02. The Morgan fingerprint density at radius 2 is 2.11 bits per heavy atom. The maximum absolute atomic E-state index is 12.0. The van der Waals surface area contributed by atoms with Crippen LogP contribution in [0.2, 0.25) is 0 Å². The van der Waals surface area contributed by atoms with Crippen molar-refractivity contribution in [3.05, 3.63) is 0 Å². The van der Waals surface area contributed by atoms with Crippen LogP contribution in [0.4, 0.5) is 0 Å². The van der Waals surface area contributed by atoms with Gasteiger partial charge in [0.15, 0.2) is 0 Å². The Morgan fingerprint density at radius 3 is 2.72 bits per heavy atom. The van der Waals surface area contributed by atoms with E-state index in [9.17, 15) is 9.59 Å². The Hall–Kier alpha value is -1.10. The number of carboxylic acids is 1. The smallest absolute Gasteiger partial charge is 0.303 e. The van der Waals surface area contributed by atoms with Crippen LogP contribution >= 0.6 is 0 Å². The molecule has 1 spiro atoms. The minimum atomic E-state index is -0.807. The Labute approximate surface area is 107 Å². The van der Waals surface area contributed by atoms with E-state index in [0.29, 0.717) is 6.54 Å². The molecule has 2 rings (SSSR count). The average Bonchev–Trinajstić information content (AvgIpc) is 3.00. The van der Waals surface area contributed by atoms with Crippen LogP contribution < -0.4 is 10.6 Å². The van der Waals surface area contributed by atoms with E-state index < -0.39 is 5.97 Å². The molecule has 5 heteroatoms. The monoisotopic (exact) mass is 254 g/mol. The Bertz CT molecular complexity index is 337. The lowest BCUT2D eigenvalue weighted by Crippen LogP contribution is -2.35. The van der Waals surface area contributed by atoms with Gasteiger partial charge in [0.25, 0.3) is 0 Å². The first-order valence-electron chi connectivity index (χ1n) is 6.74. The maximum Gasteiger partial charge on any atom is 0.303 e. The first kappa shape index (κ1) is 13.3. The Kier molecular flexibility index (Phi) is 3.90. The second-order valence-corrected chi connectivity index (χ2v) is 5.82. The van der Waals surface area contributed by atoms with Crippen LogP contribution in [-0.2, 0) is 9.59 Å². The van der Waals surface area contributed by atoms with Crippen molar-refractivity contribution in [2.45, 2.75) is 32.6 Å². The SMILES string of the molecule is CC(CNC(=O)C1CC12CCNCC2)CC(=O)O. The molecule has 2 aliphatic rings. The van der Waals surface area contributed by atoms with E-state index in [-0.39, 0.29) is 29.6 Å². The molecule has 102 valence electrons. The van der Waals surface area contributed by atoms with Crippen molar-refractivity contribution < 1.29 is 14.7 Å². The van der Waals surface area contributed by atoms with Gasteiger partial charge in [-0.15, -0.1) is 0 Å². The molecule has 18 heavy (non-hydrogen) atoms. The molecular formula is C13H22N2O3. The van der Waals surface area contributed by atoms with E-state index in [1.54, 1.807) is 0 Å². The van der Waals surface area contributed by atoms with Crippen molar-refractivity contribution in [3.63, 3.8) is 0 Å². The van der Waals surface area contributed by atoms with Gasteiger partial charge < -0.3 is 15.7 Å². The zero-order valence-corrected chi connectivity index (χ0v) is 10.9. The second kappa shape index (κ2) is 5.26. The van der Waals surface area contributed by atoms with Gasteiger partial charge in [-0.2, -0.15) is 0 Å². The lowest BCUT2D eigenvalue weighted by atomic mass is 9.91. The van der Waals surface area contributed by atoms with E-state index >= 15 is 0 Å². The van der Waals surface area contributed by atoms with Crippen molar-refractivity contribution in [2.24, 2.45) is 17.3 Å². The van der Waals surface area contributed by atoms with Crippen LogP contribution in [0.3, 0.4) is 0 Å². The fourth-order valence-electron chi connectivity index (χ4n) is 2.96. The van der Waals surface area contributed by atoms with E-state index in [4.69, 9.17) is 5.11 Å². The molecule has 0 aromatic carbocycles. The highest BCUT2D eigenvalue weighted by molar-refractivity contribution is 5.82. The van der Waals surface area contributed by atoms with E-state index in [0.717, 1.165) is 32.4 Å². The van der Waals surface area contributed by atoms with Gasteiger partial charge >= 0.3 is 5.97 Å². The predicted octanol–water partition coefficient (Wildman–Crippen LogP) is 0.603. The number of hydrogen-bond acceptors (Lipinski definition) is 3. The normalized spacial score (nSPS) is 26.6. The molecule has 1 heterocycles. The van der Waals surface area contributed by atoms with Crippen LogP contribution in [0.15, 0.2) is 0 Å². The van der Waals surface area contributed by atoms with Crippen molar-refractivity contribution >= 4 is 11.9 Å². The third-order valence-electron chi connectivity index (χ3n) is 4.25. The van der Waals surface area contributed by atoms with Crippen LogP contribution in [-0.4, -0.2) is 36.6 Å². The Balaban J connectivity index is 1.71. The topological polar surface area (TPSA) is 78.4 Å². The van der Waals surface area contributed by atoms with Gasteiger partial charge in [-0.1, -0.05) is 6.92 Å². The first-order chi connectivity index (χ1) is 8.53. The van der Waals surface area contributed by atoms with Crippen molar-refractivity contribution in [1.82, 2.24) is 10.6 Å². The zero-order valence-electron chi connectivity index (χ0n) is 10.9. The number of amides is 1. The molecule has 2 atom stereocenters. The molecule has 0 aromatic rings. The van der Waals surface area contributed by atoms with Gasteiger partial charge in [0.1, 0.15) is 0 Å². The summed E-state index contributed by atoms with van der Waals surface area (Å²) in [6, 6.07) is 0. The highest BCUT2D eigenvalue weighted by atomic mass is 16.4. The minimum absolute atomic E-state index is 0.00540. The number of piperidine rings is 1. The molecule has 1 saturated carbocycles. The summed E-state index contributed by atoms with van der Waals surface area (Å²) >= 11 is 0. The molecule has 3 N–H and O–H groups in total. The van der Waals surface area contributed by atoms with E-state index in [2.05, 4.69) is 10.6 Å². The quantitative estimate of drug-likeness (QED) is 0.671. The number of nitrogens with one attached hydrogen (secondary N) is 2. The van der Waals surface area contributed by atoms with Gasteiger partial charge in [0.2, 0.25) is 5.91 Å².